The van der Waals surface area contributed by atoms with Gasteiger partial charge in [0.2, 0.25) is 0 Å². The number of esters is 1. The van der Waals surface area contributed by atoms with E-state index in [0.717, 1.165) is 5.56 Å². The standard InChI is InChI=1S/C9H8INO2/c1-13-9(12)8(11-10)7-5-3-2-4-6-7/h2-6H,1H3. The van der Waals surface area contributed by atoms with Crippen molar-refractivity contribution in [3.05, 3.63) is 35.9 Å². The van der Waals surface area contributed by atoms with E-state index in [2.05, 4.69) is 7.94 Å². The molecule has 0 fully saturated rings. The number of halogens is 1. The summed E-state index contributed by atoms with van der Waals surface area (Å²) in [6.45, 7) is 0. The van der Waals surface area contributed by atoms with Gasteiger partial charge in [0, 0.05) is 5.56 Å². The number of rotatable bonds is 2. The Morgan fingerprint density at radius 3 is 2.46 bits per heavy atom. The minimum absolute atomic E-state index is 0.337. The molecule has 1 rings (SSSR count). The zero-order valence-electron chi connectivity index (χ0n) is 7.03. The van der Waals surface area contributed by atoms with Crippen molar-refractivity contribution in [2.45, 2.75) is 0 Å². The van der Waals surface area contributed by atoms with Gasteiger partial charge in [-0.2, -0.15) is 0 Å². The maximum absolute atomic E-state index is 11.2. The van der Waals surface area contributed by atoms with Gasteiger partial charge in [-0.25, -0.2) is 8.00 Å². The number of methoxy groups -OCH3 is 1. The topological polar surface area (TPSA) is 38.7 Å². The molecule has 0 aliphatic rings. The predicted molar refractivity (Wildman–Crippen MR) is 59.0 cm³/mol. The Bertz CT molecular complexity index is 322. The number of hydrogen-bond donors (Lipinski definition) is 0. The molecule has 1 aromatic rings. The zero-order valence-corrected chi connectivity index (χ0v) is 9.19. The largest absolute Gasteiger partial charge is 0.464 e. The van der Waals surface area contributed by atoms with E-state index in [1.54, 1.807) is 22.9 Å². The van der Waals surface area contributed by atoms with Crippen LogP contribution in [-0.4, -0.2) is 18.8 Å². The molecule has 0 saturated heterocycles. The summed E-state index contributed by atoms with van der Waals surface area (Å²) in [4.78, 5) is 11.2. The van der Waals surface area contributed by atoms with Gasteiger partial charge in [-0.15, -0.1) is 0 Å². The minimum atomic E-state index is -0.416. The molecule has 4 heteroatoms. The Morgan fingerprint density at radius 1 is 1.38 bits per heavy atom. The second-order valence-corrected chi connectivity index (χ2v) is 2.77. The summed E-state index contributed by atoms with van der Waals surface area (Å²) in [5, 5.41) is 0. The fourth-order valence-electron chi connectivity index (χ4n) is 0.894. The van der Waals surface area contributed by atoms with E-state index in [1.807, 2.05) is 30.3 Å². The third kappa shape index (κ3) is 2.51. The molecule has 0 amide bonds. The first-order valence-corrected chi connectivity index (χ1v) is 4.58. The Kier molecular flexibility index (Phi) is 3.88. The maximum atomic E-state index is 11.2. The Hall–Kier alpha value is -0.910. The molecule has 0 atom stereocenters. The van der Waals surface area contributed by atoms with E-state index in [0.29, 0.717) is 5.71 Å². The second-order valence-electron chi connectivity index (χ2n) is 2.29. The number of ether oxygens (including phenoxy) is 1. The molecule has 13 heavy (non-hydrogen) atoms. The molecule has 0 radical (unpaired) electrons. The van der Waals surface area contributed by atoms with Gasteiger partial charge in [0.05, 0.1) is 30.0 Å². The monoisotopic (exact) mass is 289 g/mol. The summed E-state index contributed by atoms with van der Waals surface area (Å²) in [7, 11) is 1.34. The second kappa shape index (κ2) is 4.96. The van der Waals surface area contributed by atoms with Crippen molar-refractivity contribution >= 4 is 34.5 Å². The third-order valence-electron chi connectivity index (χ3n) is 1.51. The molecule has 0 spiro atoms. The highest BCUT2D eigenvalue weighted by molar-refractivity contribution is 14.1. The van der Waals surface area contributed by atoms with Crippen molar-refractivity contribution in [3.63, 3.8) is 0 Å². The summed E-state index contributed by atoms with van der Waals surface area (Å²) in [5.74, 6) is -0.416. The predicted octanol–water partition coefficient (Wildman–Crippen LogP) is 2.00. The van der Waals surface area contributed by atoms with Crippen LogP contribution in [0.5, 0.6) is 0 Å². The van der Waals surface area contributed by atoms with Gasteiger partial charge in [-0.1, -0.05) is 30.3 Å². The summed E-state index contributed by atoms with van der Waals surface area (Å²) < 4.78 is 8.42. The molecule has 0 heterocycles. The van der Waals surface area contributed by atoms with Gasteiger partial charge in [0.1, 0.15) is 0 Å². The van der Waals surface area contributed by atoms with Crippen molar-refractivity contribution in [2.75, 3.05) is 7.11 Å². The number of carbonyl (C=O) groups excluding carboxylic acids is 1. The fraction of sp³-hybridized carbons (Fsp3) is 0.111. The minimum Gasteiger partial charge on any atom is -0.464 e. The normalized spacial score (nSPS) is 11.1. The summed E-state index contributed by atoms with van der Waals surface area (Å²) >= 11 is 1.78. The van der Waals surface area contributed by atoms with Crippen LogP contribution in [0.4, 0.5) is 0 Å². The molecular formula is C9H8INO2. The lowest BCUT2D eigenvalue weighted by atomic mass is 10.1. The zero-order chi connectivity index (χ0) is 9.68. The number of benzene rings is 1. The van der Waals surface area contributed by atoms with Crippen LogP contribution in [0.15, 0.2) is 33.5 Å². The van der Waals surface area contributed by atoms with Crippen molar-refractivity contribution in [1.82, 2.24) is 0 Å². The molecule has 1 aromatic carbocycles. The van der Waals surface area contributed by atoms with Crippen LogP contribution in [0, 0.1) is 0 Å². The highest BCUT2D eigenvalue weighted by atomic mass is 127. The van der Waals surface area contributed by atoms with Gasteiger partial charge in [-0.05, 0) is 0 Å². The Balaban J connectivity index is 3.00. The van der Waals surface area contributed by atoms with Crippen LogP contribution in [0.25, 0.3) is 0 Å². The van der Waals surface area contributed by atoms with E-state index >= 15 is 0 Å². The van der Waals surface area contributed by atoms with Crippen molar-refractivity contribution in [1.29, 1.82) is 0 Å². The van der Waals surface area contributed by atoms with Gasteiger partial charge in [0.15, 0.2) is 5.71 Å². The van der Waals surface area contributed by atoms with E-state index in [4.69, 9.17) is 0 Å². The first kappa shape index (κ1) is 10.2. The smallest absolute Gasteiger partial charge is 0.357 e. The van der Waals surface area contributed by atoms with E-state index in [1.165, 1.54) is 7.11 Å². The van der Waals surface area contributed by atoms with Gasteiger partial charge < -0.3 is 4.74 Å². The van der Waals surface area contributed by atoms with E-state index in [-0.39, 0.29) is 0 Å². The Labute approximate surface area is 90.3 Å². The molecule has 68 valence electrons. The molecule has 0 bridgehead atoms. The molecule has 0 aliphatic heterocycles. The molecule has 0 aliphatic carbocycles. The van der Waals surface area contributed by atoms with Crippen molar-refractivity contribution < 1.29 is 9.53 Å². The lowest BCUT2D eigenvalue weighted by molar-refractivity contribution is -0.132. The molecule has 0 unspecified atom stereocenters. The lowest BCUT2D eigenvalue weighted by Gasteiger charge is -2.01. The molecule has 3 nitrogen and oxygen atoms in total. The van der Waals surface area contributed by atoms with Crippen LogP contribution >= 0.6 is 22.9 Å². The molecule has 0 saturated carbocycles. The highest BCUT2D eigenvalue weighted by Gasteiger charge is 2.12. The first-order chi connectivity index (χ1) is 6.29. The van der Waals surface area contributed by atoms with Gasteiger partial charge in [-0.3, -0.25) is 0 Å². The molecule has 0 aromatic heterocycles. The first-order valence-electron chi connectivity index (χ1n) is 3.62. The average Bonchev–Trinajstić information content (AvgIpc) is 2.20. The fourth-order valence-corrected chi connectivity index (χ4v) is 1.37. The molecule has 0 N–H and O–H groups in total. The lowest BCUT2D eigenvalue weighted by Crippen LogP contribution is -2.16. The summed E-state index contributed by atoms with van der Waals surface area (Å²) in [6.07, 6.45) is 0. The number of carbonyl (C=O) groups is 1. The van der Waals surface area contributed by atoms with Crippen molar-refractivity contribution in [2.24, 2.45) is 3.21 Å². The summed E-state index contributed by atoms with van der Waals surface area (Å²) in [5.41, 5.74) is 1.10. The van der Waals surface area contributed by atoms with Crippen LogP contribution in [0.3, 0.4) is 0 Å². The number of hydrogen-bond acceptors (Lipinski definition) is 3. The van der Waals surface area contributed by atoms with Crippen molar-refractivity contribution in [3.8, 4) is 0 Å². The molecular weight excluding hydrogens is 281 g/mol. The van der Waals surface area contributed by atoms with Crippen LogP contribution < -0.4 is 0 Å². The average molecular weight is 289 g/mol. The number of nitrogens with zero attached hydrogens (tertiary/aromatic N) is 1. The third-order valence-corrected chi connectivity index (χ3v) is 1.99. The quantitative estimate of drug-likeness (QED) is 0.474. The Morgan fingerprint density at radius 2 is 2.00 bits per heavy atom. The summed E-state index contributed by atoms with van der Waals surface area (Å²) in [6, 6.07) is 9.20. The van der Waals surface area contributed by atoms with Crippen LogP contribution in [0.2, 0.25) is 0 Å². The van der Waals surface area contributed by atoms with Gasteiger partial charge >= 0.3 is 5.97 Å². The van der Waals surface area contributed by atoms with Gasteiger partial charge in [0.25, 0.3) is 0 Å². The maximum Gasteiger partial charge on any atom is 0.357 e. The van der Waals surface area contributed by atoms with E-state index in [9.17, 15) is 4.79 Å². The highest BCUT2D eigenvalue weighted by Crippen LogP contribution is 2.04. The van der Waals surface area contributed by atoms with Crippen LogP contribution in [-0.2, 0) is 9.53 Å². The SMILES string of the molecule is COC(=O)C(=NI)c1ccccc1. The van der Waals surface area contributed by atoms with E-state index < -0.39 is 5.97 Å². The van der Waals surface area contributed by atoms with Crippen LogP contribution in [0.1, 0.15) is 5.56 Å².